The standard InChI is InChI=1S/C10H21F3N2/c1-9(8-10(11,12)13)15-7-5-3-2-4-6-14/h9,15H,2-8,14H2,1H3. The van der Waals surface area contributed by atoms with Crippen molar-refractivity contribution in [2.45, 2.75) is 51.2 Å². The van der Waals surface area contributed by atoms with Crippen molar-refractivity contribution >= 4 is 0 Å². The van der Waals surface area contributed by atoms with E-state index in [1.54, 1.807) is 6.92 Å². The van der Waals surface area contributed by atoms with Crippen LogP contribution in [0.4, 0.5) is 13.2 Å². The molecule has 0 aliphatic rings. The van der Waals surface area contributed by atoms with Gasteiger partial charge in [0.15, 0.2) is 0 Å². The summed E-state index contributed by atoms with van der Waals surface area (Å²) in [6, 6.07) is -0.487. The van der Waals surface area contributed by atoms with Crippen LogP contribution in [-0.2, 0) is 0 Å². The molecule has 1 atom stereocenters. The van der Waals surface area contributed by atoms with Crippen LogP contribution in [0.15, 0.2) is 0 Å². The smallest absolute Gasteiger partial charge is 0.330 e. The SMILES string of the molecule is CC(CC(F)(F)F)NCCCCCCN. The van der Waals surface area contributed by atoms with E-state index >= 15 is 0 Å². The van der Waals surface area contributed by atoms with Gasteiger partial charge >= 0.3 is 6.18 Å². The summed E-state index contributed by atoms with van der Waals surface area (Å²) in [5.41, 5.74) is 5.32. The second-order valence-corrected chi connectivity index (χ2v) is 3.88. The van der Waals surface area contributed by atoms with Crippen LogP contribution in [-0.4, -0.2) is 25.3 Å². The number of rotatable bonds is 8. The van der Waals surface area contributed by atoms with Crippen molar-refractivity contribution in [2.75, 3.05) is 13.1 Å². The first-order valence-electron chi connectivity index (χ1n) is 5.46. The van der Waals surface area contributed by atoms with E-state index in [4.69, 9.17) is 5.73 Å². The molecule has 0 spiro atoms. The minimum atomic E-state index is -4.06. The molecule has 1 unspecified atom stereocenters. The average Bonchev–Trinajstić information content (AvgIpc) is 2.08. The van der Waals surface area contributed by atoms with Crippen molar-refractivity contribution in [2.24, 2.45) is 5.73 Å². The van der Waals surface area contributed by atoms with Crippen LogP contribution in [0.2, 0.25) is 0 Å². The molecule has 0 bridgehead atoms. The lowest BCUT2D eigenvalue weighted by molar-refractivity contribution is -0.139. The van der Waals surface area contributed by atoms with E-state index in [2.05, 4.69) is 5.32 Å². The number of hydrogen-bond donors (Lipinski definition) is 2. The molecule has 0 aromatic carbocycles. The first kappa shape index (κ1) is 14.7. The molecular weight excluding hydrogens is 205 g/mol. The summed E-state index contributed by atoms with van der Waals surface area (Å²) in [4.78, 5) is 0. The fourth-order valence-electron chi connectivity index (χ4n) is 1.39. The lowest BCUT2D eigenvalue weighted by atomic mass is 10.2. The number of nitrogens with one attached hydrogen (secondary N) is 1. The maximum absolute atomic E-state index is 11.9. The predicted octanol–water partition coefficient (Wildman–Crippen LogP) is 2.44. The molecule has 92 valence electrons. The molecule has 0 heterocycles. The second kappa shape index (κ2) is 7.93. The van der Waals surface area contributed by atoms with Crippen LogP contribution >= 0.6 is 0 Å². The van der Waals surface area contributed by atoms with Crippen LogP contribution < -0.4 is 11.1 Å². The first-order valence-corrected chi connectivity index (χ1v) is 5.46. The Morgan fingerprint density at radius 1 is 1.13 bits per heavy atom. The van der Waals surface area contributed by atoms with Gasteiger partial charge in [0.25, 0.3) is 0 Å². The van der Waals surface area contributed by atoms with Crippen LogP contribution in [0.3, 0.4) is 0 Å². The number of unbranched alkanes of at least 4 members (excludes halogenated alkanes) is 3. The van der Waals surface area contributed by atoms with Crippen LogP contribution in [0, 0.1) is 0 Å². The van der Waals surface area contributed by atoms with E-state index in [-0.39, 0.29) is 0 Å². The van der Waals surface area contributed by atoms with Gasteiger partial charge < -0.3 is 11.1 Å². The molecule has 15 heavy (non-hydrogen) atoms. The summed E-state index contributed by atoms with van der Waals surface area (Å²) < 4.78 is 35.8. The largest absolute Gasteiger partial charge is 0.390 e. The Labute approximate surface area is 89.4 Å². The molecule has 0 aromatic heterocycles. The van der Waals surface area contributed by atoms with E-state index in [9.17, 15) is 13.2 Å². The third kappa shape index (κ3) is 11.6. The summed E-state index contributed by atoms with van der Waals surface area (Å²) in [6.07, 6.45) is -0.809. The van der Waals surface area contributed by atoms with Gasteiger partial charge in [0, 0.05) is 6.04 Å². The van der Waals surface area contributed by atoms with Crippen molar-refractivity contribution in [3.05, 3.63) is 0 Å². The van der Waals surface area contributed by atoms with E-state index in [1.165, 1.54) is 0 Å². The lowest BCUT2D eigenvalue weighted by Crippen LogP contribution is -2.31. The van der Waals surface area contributed by atoms with Crippen LogP contribution in [0.25, 0.3) is 0 Å². The molecule has 0 radical (unpaired) electrons. The van der Waals surface area contributed by atoms with Crippen molar-refractivity contribution in [3.8, 4) is 0 Å². The fourth-order valence-corrected chi connectivity index (χ4v) is 1.39. The Bertz CT molecular complexity index is 148. The van der Waals surface area contributed by atoms with Gasteiger partial charge in [-0.05, 0) is 32.9 Å². The summed E-state index contributed by atoms with van der Waals surface area (Å²) in [7, 11) is 0. The maximum atomic E-state index is 11.9. The highest BCUT2D eigenvalue weighted by molar-refractivity contribution is 4.65. The number of halogens is 3. The Morgan fingerprint density at radius 3 is 2.27 bits per heavy atom. The van der Waals surface area contributed by atoms with Gasteiger partial charge in [-0.25, -0.2) is 0 Å². The number of hydrogen-bond acceptors (Lipinski definition) is 2. The van der Waals surface area contributed by atoms with Gasteiger partial charge in [0.1, 0.15) is 0 Å². The lowest BCUT2D eigenvalue weighted by Gasteiger charge is -2.15. The molecule has 0 aliphatic heterocycles. The third-order valence-corrected chi connectivity index (χ3v) is 2.16. The molecular formula is C10H21F3N2. The quantitative estimate of drug-likeness (QED) is 0.624. The molecule has 5 heteroatoms. The van der Waals surface area contributed by atoms with E-state index in [1.807, 2.05) is 0 Å². The normalized spacial score (nSPS) is 14.2. The zero-order chi connectivity index (χ0) is 11.7. The monoisotopic (exact) mass is 226 g/mol. The minimum Gasteiger partial charge on any atom is -0.330 e. The Kier molecular flexibility index (Phi) is 7.78. The second-order valence-electron chi connectivity index (χ2n) is 3.88. The van der Waals surface area contributed by atoms with Gasteiger partial charge in [-0.1, -0.05) is 12.8 Å². The molecule has 0 amide bonds. The maximum Gasteiger partial charge on any atom is 0.390 e. The summed E-state index contributed by atoms with van der Waals surface area (Å²) in [5, 5.41) is 2.86. The number of nitrogens with two attached hydrogens (primary N) is 1. The molecule has 0 saturated heterocycles. The predicted molar refractivity (Wildman–Crippen MR) is 55.7 cm³/mol. The summed E-state index contributed by atoms with van der Waals surface area (Å²) in [5.74, 6) is 0. The fraction of sp³-hybridized carbons (Fsp3) is 1.00. The zero-order valence-electron chi connectivity index (χ0n) is 9.24. The van der Waals surface area contributed by atoms with E-state index in [0.29, 0.717) is 13.1 Å². The first-order chi connectivity index (χ1) is 6.95. The molecule has 0 rings (SSSR count). The van der Waals surface area contributed by atoms with Gasteiger partial charge in [-0.15, -0.1) is 0 Å². The van der Waals surface area contributed by atoms with Crippen molar-refractivity contribution in [1.82, 2.24) is 5.32 Å². The summed E-state index contributed by atoms with van der Waals surface area (Å²) in [6.45, 7) is 2.91. The third-order valence-electron chi connectivity index (χ3n) is 2.16. The highest BCUT2D eigenvalue weighted by Gasteiger charge is 2.29. The molecule has 0 fully saturated rings. The molecule has 2 nitrogen and oxygen atoms in total. The molecule has 0 saturated carbocycles. The van der Waals surface area contributed by atoms with Crippen molar-refractivity contribution in [3.63, 3.8) is 0 Å². The average molecular weight is 226 g/mol. The van der Waals surface area contributed by atoms with Crippen LogP contribution in [0.5, 0.6) is 0 Å². The Morgan fingerprint density at radius 2 is 1.73 bits per heavy atom. The minimum absolute atomic E-state index is 0.487. The van der Waals surface area contributed by atoms with Gasteiger partial charge in [-0.2, -0.15) is 13.2 Å². The highest BCUT2D eigenvalue weighted by atomic mass is 19.4. The van der Waals surface area contributed by atoms with Gasteiger partial charge in [0.05, 0.1) is 6.42 Å². The molecule has 0 aromatic rings. The number of alkyl halides is 3. The van der Waals surface area contributed by atoms with Crippen molar-refractivity contribution < 1.29 is 13.2 Å². The topological polar surface area (TPSA) is 38.0 Å². The highest BCUT2D eigenvalue weighted by Crippen LogP contribution is 2.21. The molecule has 0 aliphatic carbocycles. The summed E-state index contributed by atoms with van der Waals surface area (Å²) >= 11 is 0. The molecule has 3 N–H and O–H groups in total. The zero-order valence-corrected chi connectivity index (χ0v) is 9.24. The Balaban J connectivity index is 3.28. The van der Waals surface area contributed by atoms with E-state index < -0.39 is 18.6 Å². The van der Waals surface area contributed by atoms with Crippen LogP contribution in [0.1, 0.15) is 39.0 Å². The Hall–Kier alpha value is -0.290. The van der Waals surface area contributed by atoms with Gasteiger partial charge in [0.2, 0.25) is 0 Å². The van der Waals surface area contributed by atoms with Crippen molar-refractivity contribution in [1.29, 1.82) is 0 Å². The van der Waals surface area contributed by atoms with Gasteiger partial charge in [-0.3, -0.25) is 0 Å². The van der Waals surface area contributed by atoms with E-state index in [0.717, 1.165) is 25.7 Å².